The molecule has 134 valence electrons. The van der Waals surface area contributed by atoms with Crippen molar-refractivity contribution in [1.82, 2.24) is 0 Å². The fraction of sp³-hybridized carbons (Fsp3) is 0.579. The molecule has 0 fully saturated rings. The zero-order valence-electron chi connectivity index (χ0n) is 14.8. The summed E-state index contributed by atoms with van der Waals surface area (Å²) < 4.78 is 10.7. The minimum absolute atomic E-state index is 0.0376. The van der Waals surface area contributed by atoms with Crippen molar-refractivity contribution in [1.29, 1.82) is 0 Å². The quantitative estimate of drug-likeness (QED) is 0.497. The van der Waals surface area contributed by atoms with Crippen LogP contribution in [0.2, 0.25) is 0 Å². The molecule has 1 aromatic carbocycles. The van der Waals surface area contributed by atoms with Crippen molar-refractivity contribution in [3.8, 4) is 0 Å². The van der Waals surface area contributed by atoms with E-state index in [1.807, 2.05) is 44.2 Å². The fourth-order valence-corrected chi connectivity index (χ4v) is 2.15. The van der Waals surface area contributed by atoms with Gasteiger partial charge in [-0.15, -0.1) is 0 Å². The van der Waals surface area contributed by atoms with Crippen LogP contribution in [-0.4, -0.2) is 36.7 Å². The number of carbonyl (C=O) groups excluding carboxylic acids is 2. The summed E-state index contributed by atoms with van der Waals surface area (Å²) in [5.74, 6) is -1.27. The van der Waals surface area contributed by atoms with Crippen LogP contribution >= 0.6 is 0 Å². The number of ether oxygens (including phenoxy) is 2. The molecular formula is C19H28O5. The molecule has 0 spiro atoms. The molecule has 5 heteroatoms. The topological polar surface area (TPSA) is 72.8 Å². The Hall–Kier alpha value is -1.72. The van der Waals surface area contributed by atoms with Gasteiger partial charge in [0.05, 0.1) is 25.9 Å². The van der Waals surface area contributed by atoms with E-state index >= 15 is 0 Å². The number of esters is 1. The summed E-state index contributed by atoms with van der Waals surface area (Å²) in [7, 11) is 0. The molecule has 0 amide bonds. The van der Waals surface area contributed by atoms with Crippen LogP contribution in [0.15, 0.2) is 30.3 Å². The standard InChI is InChI=1S/C19H28O5/c1-4-23-18(22)16(21)11-8-12-17(15-9-6-5-7-10-15)24-14-19(2,3)13-20/h5-7,9-10,17,20H,4,8,11-14H2,1-3H3. The van der Waals surface area contributed by atoms with Gasteiger partial charge in [0.2, 0.25) is 5.78 Å². The molecule has 1 unspecified atom stereocenters. The lowest BCUT2D eigenvalue weighted by Crippen LogP contribution is -2.25. The summed E-state index contributed by atoms with van der Waals surface area (Å²) in [6.45, 7) is 6.19. The number of rotatable bonds is 11. The Morgan fingerprint density at radius 2 is 1.88 bits per heavy atom. The lowest BCUT2D eigenvalue weighted by molar-refractivity contribution is -0.153. The maximum absolute atomic E-state index is 11.7. The molecule has 5 nitrogen and oxygen atoms in total. The summed E-state index contributed by atoms with van der Waals surface area (Å²) in [4.78, 5) is 23.0. The number of benzene rings is 1. The van der Waals surface area contributed by atoms with Crippen LogP contribution in [0.1, 0.15) is 51.7 Å². The average molecular weight is 336 g/mol. The van der Waals surface area contributed by atoms with Crippen molar-refractivity contribution in [2.24, 2.45) is 5.41 Å². The number of aliphatic hydroxyl groups excluding tert-OH is 1. The van der Waals surface area contributed by atoms with Crippen LogP contribution in [-0.2, 0) is 19.1 Å². The van der Waals surface area contributed by atoms with Crippen molar-refractivity contribution < 1.29 is 24.2 Å². The first-order valence-electron chi connectivity index (χ1n) is 8.37. The molecule has 1 aromatic rings. The van der Waals surface area contributed by atoms with Crippen LogP contribution in [0, 0.1) is 5.41 Å². The lowest BCUT2D eigenvalue weighted by Gasteiger charge is -2.26. The Morgan fingerprint density at radius 1 is 1.21 bits per heavy atom. The zero-order chi connectivity index (χ0) is 18.0. The number of hydrogen-bond donors (Lipinski definition) is 1. The van der Waals surface area contributed by atoms with Crippen molar-refractivity contribution in [2.75, 3.05) is 19.8 Å². The van der Waals surface area contributed by atoms with Crippen LogP contribution in [0.4, 0.5) is 0 Å². The van der Waals surface area contributed by atoms with Gasteiger partial charge in [-0.25, -0.2) is 4.79 Å². The van der Waals surface area contributed by atoms with E-state index in [1.165, 1.54) is 0 Å². The number of aliphatic hydroxyl groups is 1. The molecule has 1 N–H and O–H groups in total. The highest BCUT2D eigenvalue weighted by Crippen LogP contribution is 2.26. The minimum atomic E-state index is -0.768. The Kier molecular flexibility index (Phi) is 8.65. The van der Waals surface area contributed by atoms with Crippen LogP contribution in [0.25, 0.3) is 0 Å². The molecule has 0 bridgehead atoms. The van der Waals surface area contributed by atoms with Gasteiger partial charge in [0.15, 0.2) is 0 Å². The van der Waals surface area contributed by atoms with Crippen LogP contribution < -0.4 is 0 Å². The lowest BCUT2D eigenvalue weighted by atomic mass is 9.96. The number of ketones is 1. The van der Waals surface area contributed by atoms with E-state index in [1.54, 1.807) is 6.92 Å². The van der Waals surface area contributed by atoms with E-state index in [-0.39, 0.29) is 31.2 Å². The summed E-state index contributed by atoms with van der Waals surface area (Å²) >= 11 is 0. The van der Waals surface area contributed by atoms with Gasteiger partial charge in [-0.05, 0) is 25.3 Å². The second-order valence-corrected chi connectivity index (χ2v) is 6.57. The molecule has 0 aliphatic rings. The summed E-state index contributed by atoms with van der Waals surface area (Å²) in [6.07, 6.45) is 1.13. The Bertz CT molecular complexity index is 510. The first kappa shape index (κ1) is 20.3. The van der Waals surface area contributed by atoms with Crippen molar-refractivity contribution in [3.05, 3.63) is 35.9 Å². The van der Waals surface area contributed by atoms with Gasteiger partial charge in [0.25, 0.3) is 0 Å². The SMILES string of the molecule is CCOC(=O)C(=O)CCCC(OCC(C)(C)CO)c1ccccc1. The maximum Gasteiger partial charge on any atom is 0.374 e. The molecule has 0 aromatic heterocycles. The second-order valence-electron chi connectivity index (χ2n) is 6.57. The van der Waals surface area contributed by atoms with Crippen molar-refractivity contribution in [2.45, 2.75) is 46.1 Å². The number of Topliss-reactive ketones (excluding diaryl/α,β-unsaturated/α-hetero) is 1. The van der Waals surface area contributed by atoms with E-state index < -0.39 is 11.8 Å². The molecule has 1 atom stereocenters. The zero-order valence-corrected chi connectivity index (χ0v) is 14.8. The summed E-state index contributed by atoms with van der Waals surface area (Å²) in [6, 6.07) is 9.76. The minimum Gasteiger partial charge on any atom is -0.460 e. The molecule has 0 saturated heterocycles. The van der Waals surface area contributed by atoms with E-state index in [0.717, 1.165) is 5.56 Å². The number of hydrogen-bond acceptors (Lipinski definition) is 5. The Morgan fingerprint density at radius 3 is 2.46 bits per heavy atom. The van der Waals surface area contributed by atoms with Gasteiger partial charge >= 0.3 is 5.97 Å². The highest BCUT2D eigenvalue weighted by molar-refractivity contribution is 6.33. The summed E-state index contributed by atoms with van der Waals surface area (Å²) in [5.41, 5.74) is 0.697. The molecule has 0 heterocycles. The molecule has 0 saturated carbocycles. The predicted octanol–water partition coefficient (Wildman–Crippen LogP) is 3.07. The third-order valence-corrected chi connectivity index (χ3v) is 3.65. The monoisotopic (exact) mass is 336 g/mol. The molecule has 0 radical (unpaired) electrons. The first-order valence-corrected chi connectivity index (χ1v) is 8.37. The predicted molar refractivity (Wildman–Crippen MR) is 91.5 cm³/mol. The van der Waals surface area contributed by atoms with E-state index in [2.05, 4.69) is 0 Å². The molecular weight excluding hydrogens is 308 g/mol. The second kappa shape index (κ2) is 10.2. The summed E-state index contributed by atoms with van der Waals surface area (Å²) in [5, 5.41) is 9.36. The normalized spacial score (nSPS) is 12.7. The molecule has 0 aliphatic carbocycles. The van der Waals surface area contributed by atoms with Gasteiger partial charge in [0.1, 0.15) is 0 Å². The molecule has 1 rings (SSSR count). The van der Waals surface area contributed by atoms with Crippen molar-refractivity contribution in [3.63, 3.8) is 0 Å². The van der Waals surface area contributed by atoms with Gasteiger partial charge < -0.3 is 14.6 Å². The van der Waals surface area contributed by atoms with E-state index in [9.17, 15) is 14.7 Å². The largest absolute Gasteiger partial charge is 0.460 e. The third kappa shape index (κ3) is 7.23. The van der Waals surface area contributed by atoms with Gasteiger partial charge in [-0.2, -0.15) is 0 Å². The van der Waals surface area contributed by atoms with E-state index in [0.29, 0.717) is 19.4 Å². The van der Waals surface area contributed by atoms with Crippen molar-refractivity contribution >= 4 is 11.8 Å². The van der Waals surface area contributed by atoms with Gasteiger partial charge in [-0.3, -0.25) is 4.79 Å². The number of carbonyl (C=O) groups is 2. The van der Waals surface area contributed by atoms with Crippen LogP contribution in [0.5, 0.6) is 0 Å². The molecule has 24 heavy (non-hydrogen) atoms. The molecule has 0 aliphatic heterocycles. The first-order chi connectivity index (χ1) is 11.4. The Balaban J connectivity index is 2.60. The van der Waals surface area contributed by atoms with Gasteiger partial charge in [-0.1, -0.05) is 44.2 Å². The maximum atomic E-state index is 11.7. The average Bonchev–Trinajstić information content (AvgIpc) is 2.58. The third-order valence-electron chi connectivity index (χ3n) is 3.65. The Labute approximate surface area is 144 Å². The fourth-order valence-electron chi connectivity index (χ4n) is 2.15. The van der Waals surface area contributed by atoms with E-state index in [4.69, 9.17) is 9.47 Å². The van der Waals surface area contributed by atoms with Crippen LogP contribution in [0.3, 0.4) is 0 Å². The van der Waals surface area contributed by atoms with Gasteiger partial charge in [0, 0.05) is 11.8 Å². The smallest absolute Gasteiger partial charge is 0.374 e. The highest BCUT2D eigenvalue weighted by Gasteiger charge is 2.21. The highest BCUT2D eigenvalue weighted by atomic mass is 16.5.